The Balaban J connectivity index is 1.83. The van der Waals surface area contributed by atoms with Crippen molar-refractivity contribution in [2.75, 3.05) is 39.3 Å². The van der Waals surface area contributed by atoms with E-state index in [1.807, 2.05) is 4.90 Å². The summed E-state index contributed by atoms with van der Waals surface area (Å²) in [5.41, 5.74) is 0.837. The number of aliphatic hydroxyl groups excluding tert-OH is 1. The van der Waals surface area contributed by atoms with Crippen molar-refractivity contribution in [2.45, 2.75) is 6.42 Å². The number of aliphatic hydroxyl groups is 1. The van der Waals surface area contributed by atoms with E-state index >= 15 is 0 Å². The van der Waals surface area contributed by atoms with E-state index in [1.165, 1.54) is 12.1 Å². The van der Waals surface area contributed by atoms with E-state index in [0.717, 1.165) is 18.7 Å². The van der Waals surface area contributed by atoms with Crippen LogP contribution in [-0.4, -0.2) is 60.1 Å². The van der Waals surface area contributed by atoms with Crippen LogP contribution < -0.4 is 0 Å². The first-order chi connectivity index (χ1) is 9.19. The number of piperazine rings is 1. The predicted octanol–water partition coefficient (Wildman–Crippen LogP) is 0.505. The van der Waals surface area contributed by atoms with Gasteiger partial charge in [0, 0.05) is 32.7 Å². The molecule has 5 heteroatoms. The van der Waals surface area contributed by atoms with Gasteiger partial charge in [-0.1, -0.05) is 12.1 Å². The maximum atomic E-state index is 12.8. The largest absolute Gasteiger partial charge is 0.395 e. The maximum absolute atomic E-state index is 12.8. The molecule has 1 saturated heterocycles. The van der Waals surface area contributed by atoms with Crippen molar-refractivity contribution in [3.05, 3.63) is 35.6 Å². The van der Waals surface area contributed by atoms with Crippen molar-refractivity contribution in [3.8, 4) is 0 Å². The molecule has 2 rings (SSSR count). The van der Waals surface area contributed by atoms with Gasteiger partial charge >= 0.3 is 0 Å². The van der Waals surface area contributed by atoms with Crippen LogP contribution >= 0.6 is 0 Å². The highest BCUT2D eigenvalue weighted by Gasteiger charge is 2.20. The number of rotatable bonds is 4. The minimum absolute atomic E-state index is 0.0789. The van der Waals surface area contributed by atoms with Crippen molar-refractivity contribution >= 4 is 5.91 Å². The van der Waals surface area contributed by atoms with E-state index < -0.39 is 0 Å². The van der Waals surface area contributed by atoms with E-state index in [-0.39, 0.29) is 18.3 Å². The zero-order valence-electron chi connectivity index (χ0n) is 10.9. The van der Waals surface area contributed by atoms with Gasteiger partial charge in [-0.05, 0) is 17.7 Å². The second-order valence-electron chi connectivity index (χ2n) is 4.75. The smallest absolute Gasteiger partial charge is 0.227 e. The molecule has 0 unspecified atom stereocenters. The third kappa shape index (κ3) is 4.01. The summed E-state index contributed by atoms with van der Waals surface area (Å²) in [6.07, 6.45) is 0.320. The Bertz CT molecular complexity index is 414. The second kappa shape index (κ2) is 6.63. The quantitative estimate of drug-likeness (QED) is 0.863. The van der Waals surface area contributed by atoms with Gasteiger partial charge in [-0.3, -0.25) is 9.69 Å². The van der Waals surface area contributed by atoms with Crippen LogP contribution in [0.15, 0.2) is 24.3 Å². The zero-order valence-corrected chi connectivity index (χ0v) is 10.9. The third-order valence-corrected chi connectivity index (χ3v) is 3.41. The predicted molar refractivity (Wildman–Crippen MR) is 70.2 cm³/mol. The Morgan fingerprint density at radius 2 is 1.79 bits per heavy atom. The summed E-state index contributed by atoms with van der Waals surface area (Å²) in [5, 5.41) is 8.86. The molecule has 0 bridgehead atoms. The maximum Gasteiger partial charge on any atom is 0.227 e. The fraction of sp³-hybridized carbons (Fsp3) is 0.500. The van der Waals surface area contributed by atoms with Gasteiger partial charge < -0.3 is 10.0 Å². The van der Waals surface area contributed by atoms with Crippen molar-refractivity contribution in [1.82, 2.24) is 9.80 Å². The van der Waals surface area contributed by atoms with Gasteiger partial charge in [0.15, 0.2) is 0 Å². The van der Waals surface area contributed by atoms with Gasteiger partial charge in [-0.2, -0.15) is 0 Å². The molecule has 0 aromatic heterocycles. The first-order valence-corrected chi connectivity index (χ1v) is 6.54. The zero-order chi connectivity index (χ0) is 13.7. The highest BCUT2D eigenvalue weighted by Crippen LogP contribution is 2.08. The summed E-state index contributed by atoms with van der Waals surface area (Å²) < 4.78 is 12.8. The van der Waals surface area contributed by atoms with Gasteiger partial charge in [0.05, 0.1) is 13.0 Å². The number of carbonyl (C=O) groups excluding carboxylic acids is 1. The normalized spacial score (nSPS) is 16.6. The van der Waals surface area contributed by atoms with Gasteiger partial charge in [0.2, 0.25) is 5.91 Å². The molecule has 0 aliphatic carbocycles. The fourth-order valence-corrected chi connectivity index (χ4v) is 2.25. The number of hydrogen-bond acceptors (Lipinski definition) is 3. The van der Waals surface area contributed by atoms with Crippen LogP contribution in [0.3, 0.4) is 0 Å². The molecule has 1 heterocycles. The van der Waals surface area contributed by atoms with Crippen molar-refractivity contribution in [2.24, 2.45) is 0 Å². The Hall–Kier alpha value is -1.46. The highest BCUT2D eigenvalue weighted by molar-refractivity contribution is 5.78. The monoisotopic (exact) mass is 266 g/mol. The minimum Gasteiger partial charge on any atom is -0.395 e. The fourth-order valence-electron chi connectivity index (χ4n) is 2.25. The Kier molecular flexibility index (Phi) is 4.87. The van der Waals surface area contributed by atoms with Crippen LogP contribution in [0.1, 0.15) is 5.56 Å². The van der Waals surface area contributed by atoms with Gasteiger partial charge in [-0.25, -0.2) is 4.39 Å². The molecule has 1 amide bonds. The first-order valence-electron chi connectivity index (χ1n) is 6.54. The average Bonchev–Trinajstić information content (AvgIpc) is 2.42. The molecule has 1 aliphatic heterocycles. The lowest BCUT2D eigenvalue weighted by Gasteiger charge is -2.34. The lowest BCUT2D eigenvalue weighted by atomic mass is 10.1. The standard InChI is InChI=1S/C14H19FN2O2/c15-13-3-1-12(2-4-13)11-14(19)17-7-5-16(6-8-17)9-10-18/h1-4,18H,5-11H2. The molecule has 104 valence electrons. The summed E-state index contributed by atoms with van der Waals surface area (Å²) in [6, 6.07) is 6.05. The molecular weight excluding hydrogens is 247 g/mol. The van der Waals surface area contributed by atoms with Crippen LogP contribution in [0.2, 0.25) is 0 Å². The third-order valence-electron chi connectivity index (χ3n) is 3.41. The average molecular weight is 266 g/mol. The summed E-state index contributed by atoms with van der Waals surface area (Å²) in [4.78, 5) is 16.1. The van der Waals surface area contributed by atoms with Crippen LogP contribution in [0.5, 0.6) is 0 Å². The molecule has 1 fully saturated rings. The number of benzene rings is 1. The van der Waals surface area contributed by atoms with Crippen LogP contribution in [-0.2, 0) is 11.2 Å². The molecule has 4 nitrogen and oxygen atoms in total. The van der Waals surface area contributed by atoms with E-state index in [1.54, 1.807) is 12.1 Å². The van der Waals surface area contributed by atoms with E-state index in [4.69, 9.17) is 5.11 Å². The summed E-state index contributed by atoms with van der Waals surface area (Å²) >= 11 is 0. The lowest BCUT2D eigenvalue weighted by Crippen LogP contribution is -2.49. The number of halogens is 1. The van der Waals surface area contributed by atoms with E-state index in [2.05, 4.69) is 4.90 Å². The number of β-amino-alcohol motifs (C(OH)–C–C–N with tert-alkyl or cyclic N) is 1. The first kappa shape index (κ1) is 14.0. The Morgan fingerprint density at radius 3 is 2.37 bits per heavy atom. The molecule has 0 atom stereocenters. The second-order valence-corrected chi connectivity index (χ2v) is 4.75. The number of amides is 1. The van der Waals surface area contributed by atoms with Gasteiger partial charge in [0.1, 0.15) is 5.82 Å². The molecule has 1 N–H and O–H groups in total. The van der Waals surface area contributed by atoms with Crippen LogP contribution in [0.4, 0.5) is 4.39 Å². The van der Waals surface area contributed by atoms with Crippen molar-refractivity contribution in [3.63, 3.8) is 0 Å². The molecule has 0 spiro atoms. The highest BCUT2D eigenvalue weighted by atomic mass is 19.1. The molecule has 0 radical (unpaired) electrons. The number of carbonyl (C=O) groups is 1. The summed E-state index contributed by atoms with van der Waals surface area (Å²) in [5.74, 6) is -0.205. The van der Waals surface area contributed by atoms with Crippen LogP contribution in [0, 0.1) is 5.82 Å². The molecule has 1 aromatic carbocycles. The van der Waals surface area contributed by atoms with Gasteiger partial charge in [0.25, 0.3) is 0 Å². The van der Waals surface area contributed by atoms with Crippen LogP contribution in [0.25, 0.3) is 0 Å². The lowest BCUT2D eigenvalue weighted by molar-refractivity contribution is -0.132. The molecule has 0 saturated carbocycles. The topological polar surface area (TPSA) is 43.8 Å². The molecule has 1 aromatic rings. The SMILES string of the molecule is O=C(Cc1ccc(F)cc1)N1CCN(CCO)CC1. The molecule has 1 aliphatic rings. The summed E-state index contributed by atoms with van der Waals surface area (Å²) in [6.45, 7) is 3.81. The van der Waals surface area contributed by atoms with Crippen molar-refractivity contribution < 1.29 is 14.3 Å². The molecular formula is C14H19FN2O2. The Labute approximate surface area is 112 Å². The number of nitrogens with zero attached hydrogens (tertiary/aromatic N) is 2. The minimum atomic E-state index is -0.284. The number of hydrogen-bond donors (Lipinski definition) is 1. The summed E-state index contributed by atoms with van der Waals surface area (Å²) in [7, 11) is 0. The van der Waals surface area contributed by atoms with E-state index in [0.29, 0.717) is 26.1 Å². The van der Waals surface area contributed by atoms with Gasteiger partial charge in [-0.15, -0.1) is 0 Å². The Morgan fingerprint density at radius 1 is 1.16 bits per heavy atom. The molecule has 19 heavy (non-hydrogen) atoms. The van der Waals surface area contributed by atoms with Crippen molar-refractivity contribution in [1.29, 1.82) is 0 Å². The van der Waals surface area contributed by atoms with E-state index in [9.17, 15) is 9.18 Å².